The number of amides is 4. The zero-order chi connectivity index (χ0) is 17.3. The fourth-order valence-corrected chi connectivity index (χ4v) is 2.40. The van der Waals surface area contributed by atoms with Crippen LogP contribution in [0.4, 0.5) is 4.79 Å². The van der Waals surface area contributed by atoms with E-state index in [1.165, 1.54) is 12.1 Å². The van der Waals surface area contributed by atoms with Gasteiger partial charge in [0.1, 0.15) is 13.2 Å². The van der Waals surface area contributed by atoms with Crippen LogP contribution >= 0.6 is 0 Å². The van der Waals surface area contributed by atoms with Gasteiger partial charge in [-0.2, -0.15) is 0 Å². The fraction of sp³-hybridized carbons (Fsp3) is 0.267. The van der Waals surface area contributed by atoms with E-state index in [1.807, 2.05) is 0 Å². The van der Waals surface area contributed by atoms with Crippen molar-refractivity contribution in [3.05, 3.63) is 35.4 Å². The maximum absolute atomic E-state index is 12.1. The summed E-state index contributed by atoms with van der Waals surface area (Å²) in [6, 6.07) is 6.20. The first kappa shape index (κ1) is 15.7. The summed E-state index contributed by atoms with van der Waals surface area (Å²) in [6.07, 6.45) is -0.795. The highest BCUT2D eigenvalue weighted by Gasteiger charge is 2.37. The number of hydrogen-bond acceptors (Lipinski definition) is 7. The van der Waals surface area contributed by atoms with Crippen molar-refractivity contribution in [3.8, 4) is 0 Å². The zero-order valence-electron chi connectivity index (χ0n) is 12.4. The Bertz CT molecular complexity index is 723. The lowest BCUT2D eigenvalue weighted by Crippen LogP contribution is -2.38. The number of carbonyl (C=O) groups excluding carboxylic acids is 5. The number of benzene rings is 1. The smallest absolute Gasteiger partial charge is 0.416 e. The number of imide groups is 2. The maximum Gasteiger partial charge on any atom is 0.416 e. The van der Waals surface area contributed by atoms with Crippen LogP contribution in [0.2, 0.25) is 0 Å². The van der Waals surface area contributed by atoms with Gasteiger partial charge in [0.05, 0.1) is 17.7 Å². The zero-order valence-corrected chi connectivity index (χ0v) is 12.4. The first-order valence-electron chi connectivity index (χ1n) is 7.07. The molecule has 1 saturated heterocycles. The summed E-state index contributed by atoms with van der Waals surface area (Å²) in [4.78, 5) is 60.4. The van der Waals surface area contributed by atoms with E-state index in [0.717, 1.165) is 9.80 Å². The molecule has 0 N–H and O–H groups in total. The summed E-state index contributed by atoms with van der Waals surface area (Å²) in [5.74, 6) is -2.84. The summed E-state index contributed by atoms with van der Waals surface area (Å²) < 4.78 is 9.33. The first-order chi connectivity index (χ1) is 11.5. The van der Waals surface area contributed by atoms with Crippen LogP contribution < -0.4 is 0 Å². The fourth-order valence-electron chi connectivity index (χ4n) is 2.40. The van der Waals surface area contributed by atoms with Crippen LogP contribution in [-0.4, -0.2) is 65.9 Å². The molecule has 0 aliphatic carbocycles. The molecule has 0 saturated carbocycles. The summed E-state index contributed by atoms with van der Waals surface area (Å²) in [5, 5.41) is 0. The molecule has 0 bridgehead atoms. The van der Waals surface area contributed by atoms with Crippen LogP contribution in [0.25, 0.3) is 0 Å². The SMILES string of the molecule is O=C(CN1C(=O)c2ccccc2C1=O)OCC(=O)N1CCOC1=O. The number of esters is 1. The Morgan fingerprint density at radius 2 is 1.71 bits per heavy atom. The molecule has 9 heteroatoms. The molecule has 9 nitrogen and oxygen atoms in total. The van der Waals surface area contributed by atoms with E-state index in [1.54, 1.807) is 12.1 Å². The summed E-state index contributed by atoms with van der Waals surface area (Å²) in [6.45, 7) is -1.09. The number of carbonyl (C=O) groups is 5. The van der Waals surface area contributed by atoms with Gasteiger partial charge in [-0.05, 0) is 12.1 Å². The maximum atomic E-state index is 12.1. The minimum atomic E-state index is -0.926. The Balaban J connectivity index is 1.56. The summed E-state index contributed by atoms with van der Waals surface area (Å²) in [5.41, 5.74) is 0.428. The van der Waals surface area contributed by atoms with Crippen LogP contribution in [0.5, 0.6) is 0 Å². The van der Waals surface area contributed by atoms with Crippen molar-refractivity contribution < 1.29 is 33.4 Å². The van der Waals surface area contributed by atoms with Gasteiger partial charge in [-0.1, -0.05) is 12.1 Å². The van der Waals surface area contributed by atoms with E-state index < -0.39 is 42.9 Å². The van der Waals surface area contributed by atoms with E-state index in [0.29, 0.717) is 0 Å². The number of nitrogens with zero attached hydrogens (tertiary/aromatic N) is 2. The normalized spacial score (nSPS) is 16.2. The predicted octanol–water partition coefficient (Wildman–Crippen LogP) is -0.195. The largest absolute Gasteiger partial charge is 0.454 e. The second kappa shape index (κ2) is 6.11. The van der Waals surface area contributed by atoms with Gasteiger partial charge in [0.2, 0.25) is 0 Å². The summed E-state index contributed by atoms with van der Waals surface area (Å²) in [7, 11) is 0. The molecule has 0 radical (unpaired) electrons. The Morgan fingerprint density at radius 3 is 2.25 bits per heavy atom. The van der Waals surface area contributed by atoms with Gasteiger partial charge in [0, 0.05) is 0 Å². The van der Waals surface area contributed by atoms with Gasteiger partial charge in [0.15, 0.2) is 6.61 Å². The van der Waals surface area contributed by atoms with Crippen LogP contribution in [0.3, 0.4) is 0 Å². The second-order valence-electron chi connectivity index (χ2n) is 5.06. The quantitative estimate of drug-likeness (QED) is 0.555. The molecule has 0 aromatic heterocycles. The average molecular weight is 332 g/mol. The van der Waals surface area contributed by atoms with Gasteiger partial charge >= 0.3 is 12.1 Å². The molecule has 1 aromatic rings. The van der Waals surface area contributed by atoms with E-state index in [9.17, 15) is 24.0 Å². The highest BCUT2D eigenvalue weighted by atomic mass is 16.6. The predicted molar refractivity (Wildman–Crippen MR) is 75.8 cm³/mol. The molecular formula is C15H12N2O7. The molecule has 1 aromatic carbocycles. The highest BCUT2D eigenvalue weighted by Crippen LogP contribution is 2.22. The third-order valence-corrected chi connectivity index (χ3v) is 3.58. The Kier molecular flexibility index (Phi) is 3.98. The topological polar surface area (TPSA) is 110 Å². The van der Waals surface area contributed by atoms with Crippen LogP contribution in [-0.2, 0) is 19.1 Å². The minimum absolute atomic E-state index is 0.0908. The molecule has 2 heterocycles. The lowest BCUT2D eigenvalue weighted by atomic mass is 10.1. The molecule has 0 atom stereocenters. The molecule has 2 aliphatic heterocycles. The number of fused-ring (bicyclic) bond motifs is 1. The van der Waals surface area contributed by atoms with Gasteiger partial charge in [-0.3, -0.25) is 24.1 Å². The van der Waals surface area contributed by atoms with Crippen molar-refractivity contribution in [2.45, 2.75) is 0 Å². The third kappa shape index (κ3) is 2.71. The standard InChI is InChI=1S/C15H12N2O7/c18-11(16-5-6-23-15(16)22)8-24-12(19)7-17-13(20)9-3-1-2-4-10(9)14(17)21/h1-4H,5-8H2. The van der Waals surface area contributed by atoms with Crippen molar-refractivity contribution in [3.63, 3.8) is 0 Å². The summed E-state index contributed by atoms with van der Waals surface area (Å²) >= 11 is 0. The second-order valence-corrected chi connectivity index (χ2v) is 5.06. The van der Waals surface area contributed by atoms with Crippen molar-refractivity contribution in [2.24, 2.45) is 0 Å². The highest BCUT2D eigenvalue weighted by molar-refractivity contribution is 6.22. The van der Waals surface area contributed by atoms with E-state index in [2.05, 4.69) is 4.74 Å². The Morgan fingerprint density at radius 1 is 1.08 bits per heavy atom. The lowest BCUT2D eigenvalue weighted by Gasteiger charge is -2.14. The molecule has 3 rings (SSSR count). The minimum Gasteiger partial charge on any atom is -0.454 e. The first-order valence-corrected chi connectivity index (χ1v) is 7.07. The van der Waals surface area contributed by atoms with Crippen molar-refractivity contribution in [2.75, 3.05) is 26.3 Å². The average Bonchev–Trinajstić information content (AvgIpc) is 3.11. The Hall–Kier alpha value is -3.23. The van der Waals surface area contributed by atoms with E-state index in [4.69, 9.17) is 4.74 Å². The lowest BCUT2D eigenvalue weighted by molar-refractivity contribution is -0.150. The van der Waals surface area contributed by atoms with Gasteiger partial charge in [-0.15, -0.1) is 0 Å². The number of hydrogen-bond donors (Lipinski definition) is 0. The van der Waals surface area contributed by atoms with Crippen LogP contribution in [0.15, 0.2) is 24.3 Å². The van der Waals surface area contributed by atoms with E-state index in [-0.39, 0.29) is 24.3 Å². The Labute approximate surface area is 135 Å². The van der Waals surface area contributed by atoms with Gasteiger partial charge in [0.25, 0.3) is 17.7 Å². The van der Waals surface area contributed by atoms with E-state index >= 15 is 0 Å². The van der Waals surface area contributed by atoms with Crippen molar-refractivity contribution >= 4 is 29.8 Å². The molecule has 24 heavy (non-hydrogen) atoms. The number of cyclic esters (lactones) is 1. The molecular weight excluding hydrogens is 320 g/mol. The molecule has 124 valence electrons. The van der Waals surface area contributed by atoms with Crippen molar-refractivity contribution in [1.82, 2.24) is 9.80 Å². The van der Waals surface area contributed by atoms with Gasteiger partial charge < -0.3 is 9.47 Å². The van der Waals surface area contributed by atoms with Crippen LogP contribution in [0.1, 0.15) is 20.7 Å². The monoisotopic (exact) mass is 332 g/mol. The van der Waals surface area contributed by atoms with Crippen molar-refractivity contribution in [1.29, 1.82) is 0 Å². The third-order valence-electron chi connectivity index (χ3n) is 3.58. The number of ether oxygens (including phenoxy) is 2. The molecule has 4 amide bonds. The molecule has 2 aliphatic rings. The molecule has 0 spiro atoms. The van der Waals surface area contributed by atoms with Gasteiger partial charge in [-0.25, -0.2) is 9.69 Å². The molecule has 0 unspecified atom stereocenters. The number of rotatable bonds is 4. The van der Waals surface area contributed by atoms with Crippen LogP contribution in [0, 0.1) is 0 Å². The molecule has 1 fully saturated rings.